The van der Waals surface area contributed by atoms with Crippen LogP contribution in [-0.4, -0.2) is 29.5 Å². The molecule has 0 bridgehead atoms. The van der Waals surface area contributed by atoms with Gasteiger partial charge in [0.25, 0.3) is 0 Å². The van der Waals surface area contributed by atoms with Crippen LogP contribution in [0.1, 0.15) is 34.8 Å². The van der Waals surface area contributed by atoms with Gasteiger partial charge in [-0.05, 0) is 42.7 Å². The molecule has 1 N–H and O–H groups in total. The Morgan fingerprint density at radius 3 is 2.43 bits per heavy atom. The molecule has 0 aromatic heterocycles. The number of hydrogen-bond donors (Lipinski definition) is 1. The zero-order valence-corrected chi connectivity index (χ0v) is 15.8. The van der Waals surface area contributed by atoms with Crippen LogP contribution >= 0.6 is 0 Å². The third-order valence-electron chi connectivity index (χ3n) is 4.04. The Balaban J connectivity index is 2.26. The first kappa shape index (κ1) is 20.9. The number of anilines is 1. The van der Waals surface area contributed by atoms with Crippen LogP contribution in [0.15, 0.2) is 61.2 Å². The van der Waals surface area contributed by atoms with E-state index in [0.717, 1.165) is 5.56 Å². The molecule has 6 heteroatoms. The molecular formula is C22H23NO5. The number of ketones is 1. The van der Waals surface area contributed by atoms with Crippen molar-refractivity contribution >= 4 is 23.5 Å². The minimum Gasteiger partial charge on any atom is -0.478 e. The van der Waals surface area contributed by atoms with E-state index in [1.165, 1.54) is 30.0 Å². The second-order valence-electron chi connectivity index (χ2n) is 6.33. The average molecular weight is 381 g/mol. The molecular weight excluding hydrogens is 358 g/mol. The quantitative estimate of drug-likeness (QED) is 0.657. The van der Waals surface area contributed by atoms with Gasteiger partial charge in [0.15, 0.2) is 0 Å². The highest BCUT2D eigenvalue weighted by Gasteiger charge is 2.19. The Morgan fingerprint density at radius 2 is 1.82 bits per heavy atom. The summed E-state index contributed by atoms with van der Waals surface area (Å²) in [6.07, 6.45) is 1.61. The second kappa shape index (κ2) is 10.1. The Labute approximate surface area is 164 Å². The van der Waals surface area contributed by atoms with E-state index in [-0.39, 0.29) is 24.5 Å². The van der Waals surface area contributed by atoms with Crippen molar-refractivity contribution in [2.24, 2.45) is 0 Å². The van der Waals surface area contributed by atoms with E-state index < -0.39 is 12.1 Å². The third-order valence-corrected chi connectivity index (χ3v) is 4.04. The van der Waals surface area contributed by atoms with Gasteiger partial charge in [-0.3, -0.25) is 4.90 Å². The van der Waals surface area contributed by atoms with E-state index in [9.17, 15) is 19.5 Å². The average Bonchev–Trinajstić information content (AvgIpc) is 2.69. The van der Waals surface area contributed by atoms with Gasteiger partial charge in [0.2, 0.25) is 0 Å². The summed E-state index contributed by atoms with van der Waals surface area (Å²) in [5.41, 5.74) is 1.93. The van der Waals surface area contributed by atoms with Crippen LogP contribution in [0.3, 0.4) is 0 Å². The summed E-state index contributed by atoms with van der Waals surface area (Å²) in [5, 5.41) is 9.39. The Morgan fingerprint density at radius 1 is 1.11 bits per heavy atom. The zero-order valence-electron chi connectivity index (χ0n) is 15.8. The molecule has 1 amide bonds. The molecule has 0 aliphatic heterocycles. The van der Waals surface area contributed by atoms with Crippen LogP contribution in [0.4, 0.5) is 10.5 Å². The Bertz CT molecular complexity index is 860. The van der Waals surface area contributed by atoms with Crippen LogP contribution in [-0.2, 0) is 22.6 Å². The van der Waals surface area contributed by atoms with E-state index in [4.69, 9.17) is 4.74 Å². The molecule has 28 heavy (non-hydrogen) atoms. The van der Waals surface area contributed by atoms with Gasteiger partial charge in [-0.2, -0.15) is 0 Å². The summed E-state index contributed by atoms with van der Waals surface area (Å²) in [7, 11) is 0. The number of rotatable bonds is 9. The fraction of sp³-hybridized carbons (Fsp3) is 0.227. The number of aryl methyl sites for hydroxylation is 1. The lowest BCUT2D eigenvalue weighted by molar-refractivity contribution is -0.116. The van der Waals surface area contributed by atoms with Gasteiger partial charge in [0.05, 0.1) is 5.56 Å². The van der Waals surface area contributed by atoms with Gasteiger partial charge in [-0.25, -0.2) is 9.59 Å². The maximum absolute atomic E-state index is 12.6. The molecule has 0 saturated heterocycles. The first-order chi connectivity index (χ1) is 13.4. The van der Waals surface area contributed by atoms with Crippen molar-refractivity contribution in [1.82, 2.24) is 0 Å². The first-order valence-corrected chi connectivity index (χ1v) is 8.86. The smallest absolute Gasteiger partial charge is 0.414 e. The predicted molar refractivity (Wildman–Crippen MR) is 107 cm³/mol. The van der Waals surface area contributed by atoms with Gasteiger partial charge in [-0.1, -0.05) is 36.4 Å². The molecule has 0 radical (unpaired) electrons. The van der Waals surface area contributed by atoms with Crippen LogP contribution in [0, 0.1) is 0 Å². The number of carboxylic acids is 1. The number of aromatic carboxylic acids is 1. The summed E-state index contributed by atoms with van der Waals surface area (Å²) in [6.45, 7) is 5.39. The largest absolute Gasteiger partial charge is 0.478 e. The van der Waals surface area contributed by atoms with E-state index >= 15 is 0 Å². The summed E-state index contributed by atoms with van der Waals surface area (Å²) >= 11 is 0. The normalized spacial score (nSPS) is 10.2. The highest BCUT2D eigenvalue weighted by atomic mass is 16.6. The molecule has 0 aliphatic carbocycles. The number of ether oxygens (including phenoxy) is 1. The van der Waals surface area contributed by atoms with Crippen molar-refractivity contribution in [2.75, 3.05) is 11.4 Å². The van der Waals surface area contributed by atoms with E-state index in [0.29, 0.717) is 24.1 Å². The minimum absolute atomic E-state index is 0.00694. The van der Waals surface area contributed by atoms with Crippen molar-refractivity contribution in [2.45, 2.75) is 26.4 Å². The van der Waals surface area contributed by atoms with Gasteiger partial charge in [0.1, 0.15) is 12.4 Å². The van der Waals surface area contributed by atoms with Gasteiger partial charge >= 0.3 is 12.1 Å². The van der Waals surface area contributed by atoms with Crippen molar-refractivity contribution in [1.29, 1.82) is 0 Å². The lowest BCUT2D eigenvalue weighted by Gasteiger charge is -2.22. The van der Waals surface area contributed by atoms with Gasteiger partial charge in [0, 0.05) is 18.7 Å². The summed E-state index contributed by atoms with van der Waals surface area (Å²) in [5.74, 6) is -1.10. The highest BCUT2D eigenvalue weighted by Crippen LogP contribution is 2.22. The van der Waals surface area contributed by atoms with E-state index in [2.05, 4.69) is 6.58 Å². The monoisotopic (exact) mass is 381 g/mol. The van der Waals surface area contributed by atoms with Crippen LogP contribution in [0.25, 0.3) is 0 Å². The molecule has 0 saturated carbocycles. The molecule has 146 valence electrons. The number of hydrogen-bond acceptors (Lipinski definition) is 4. The summed E-state index contributed by atoms with van der Waals surface area (Å²) < 4.78 is 5.37. The molecule has 0 unspecified atom stereocenters. The summed E-state index contributed by atoms with van der Waals surface area (Å²) in [4.78, 5) is 36.7. The maximum Gasteiger partial charge on any atom is 0.414 e. The lowest BCUT2D eigenvalue weighted by atomic mass is 10.0. The lowest BCUT2D eigenvalue weighted by Crippen LogP contribution is -2.32. The van der Waals surface area contributed by atoms with Gasteiger partial charge in [-0.15, -0.1) is 6.58 Å². The number of benzene rings is 2. The topological polar surface area (TPSA) is 83.9 Å². The van der Waals surface area contributed by atoms with Gasteiger partial charge < -0.3 is 14.6 Å². The van der Waals surface area contributed by atoms with Crippen LogP contribution < -0.4 is 4.90 Å². The SMILES string of the molecule is C=CCN(C(=O)OCc1ccccc1)c1cc(CCC(C)=O)cc(C(=O)O)c1. The third kappa shape index (κ3) is 6.09. The van der Waals surface area contributed by atoms with Crippen molar-refractivity contribution in [3.8, 4) is 0 Å². The Kier molecular flexibility index (Phi) is 7.51. The summed E-state index contributed by atoms with van der Waals surface area (Å²) in [6, 6.07) is 13.9. The number of carbonyl (C=O) groups is 3. The molecule has 0 fully saturated rings. The number of carbonyl (C=O) groups excluding carboxylic acids is 2. The van der Waals surface area contributed by atoms with Crippen LogP contribution in [0.2, 0.25) is 0 Å². The molecule has 2 aromatic rings. The molecule has 0 atom stereocenters. The minimum atomic E-state index is -1.11. The van der Waals surface area contributed by atoms with Crippen molar-refractivity contribution in [3.63, 3.8) is 0 Å². The standard InChI is InChI=1S/C22H23NO5/c1-3-11-23(22(27)28-15-17-7-5-4-6-8-17)20-13-18(10-9-16(2)24)12-19(14-20)21(25)26/h3-8,12-14H,1,9-11,15H2,2H3,(H,25,26). The van der Waals surface area contributed by atoms with Crippen molar-refractivity contribution in [3.05, 3.63) is 77.9 Å². The fourth-order valence-corrected chi connectivity index (χ4v) is 2.63. The van der Waals surface area contributed by atoms with Crippen molar-refractivity contribution < 1.29 is 24.2 Å². The fourth-order valence-electron chi connectivity index (χ4n) is 2.63. The molecule has 2 aromatic carbocycles. The van der Waals surface area contributed by atoms with Crippen LogP contribution in [0.5, 0.6) is 0 Å². The molecule has 6 nitrogen and oxygen atoms in total. The Hall–Kier alpha value is -3.41. The van der Waals surface area contributed by atoms with E-state index in [1.807, 2.05) is 30.3 Å². The molecule has 0 aliphatic rings. The zero-order chi connectivity index (χ0) is 20.5. The maximum atomic E-state index is 12.6. The highest BCUT2D eigenvalue weighted by molar-refractivity contribution is 5.93. The molecule has 0 spiro atoms. The number of carboxylic acid groups (broad SMARTS) is 1. The number of nitrogens with zero attached hydrogens (tertiary/aromatic N) is 1. The molecule has 0 heterocycles. The number of amides is 1. The second-order valence-corrected chi connectivity index (χ2v) is 6.33. The predicted octanol–water partition coefficient (Wildman–Crippen LogP) is 4.24. The van der Waals surface area contributed by atoms with E-state index in [1.54, 1.807) is 6.07 Å². The number of Topliss-reactive ketones (excluding diaryl/α,β-unsaturated/α-hetero) is 1. The first-order valence-electron chi connectivity index (χ1n) is 8.86. The molecule has 2 rings (SSSR count).